The third kappa shape index (κ3) is 5.96. The molecule has 3 rings (SSSR count). The highest BCUT2D eigenvalue weighted by molar-refractivity contribution is 6.30. The lowest BCUT2D eigenvalue weighted by molar-refractivity contribution is -0.132. The number of hydrogen-bond acceptors (Lipinski definition) is 3. The Morgan fingerprint density at radius 2 is 1.69 bits per heavy atom. The molecule has 0 heterocycles. The molecule has 29 heavy (non-hydrogen) atoms. The van der Waals surface area contributed by atoms with Crippen LogP contribution in [0.3, 0.4) is 0 Å². The van der Waals surface area contributed by atoms with E-state index in [1.165, 1.54) is 6.08 Å². The van der Waals surface area contributed by atoms with Gasteiger partial charge in [-0.2, -0.15) is 0 Å². The van der Waals surface area contributed by atoms with Crippen molar-refractivity contribution < 1.29 is 19.4 Å². The van der Waals surface area contributed by atoms with Gasteiger partial charge < -0.3 is 15.2 Å². The molecule has 146 valence electrons. The maximum Gasteiger partial charge on any atom is 0.352 e. The molecule has 0 aromatic heterocycles. The molecule has 2 N–H and O–H groups in total. The molecule has 0 aliphatic carbocycles. The number of hydrogen-bond donors (Lipinski definition) is 2. The predicted octanol–water partition coefficient (Wildman–Crippen LogP) is 4.77. The predicted molar refractivity (Wildman–Crippen MR) is 112 cm³/mol. The highest BCUT2D eigenvalue weighted by Crippen LogP contribution is 2.17. The number of amides is 1. The molecular weight excluding hydrogens is 390 g/mol. The van der Waals surface area contributed by atoms with Crippen molar-refractivity contribution in [2.24, 2.45) is 0 Å². The Morgan fingerprint density at radius 1 is 0.966 bits per heavy atom. The largest absolute Gasteiger partial charge is 0.489 e. The Kier molecular flexibility index (Phi) is 6.66. The van der Waals surface area contributed by atoms with Gasteiger partial charge in [0.2, 0.25) is 0 Å². The summed E-state index contributed by atoms with van der Waals surface area (Å²) in [5, 5.41) is 12.5. The molecule has 0 unspecified atom stereocenters. The SMILES string of the molecule is O=C(O)C(=Cc1ccc(OCc2cccc(Cl)c2)cc1)NC(=O)c1ccccc1. The van der Waals surface area contributed by atoms with E-state index in [0.717, 1.165) is 5.56 Å². The number of carbonyl (C=O) groups is 2. The maximum atomic E-state index is 12.2. The summed E-state index contributed by atoms with van der Waals surface area (Å²) in [7, 11) is 0. The normalized spacial score (nSPS) is 11.0. The molecule has 3 aromatic carbocycles. The molecule has 0 spiro atoms. The molecule has 3 aromatic rings. The van der Waals surface area contributed by atoms with Gasteiger partial charge in [-0.15, -0.1) is 0 Å². The van der Waals surface area contributed by atoms with Crippen LogP contribution in [0.25, 0.3) is 6.08 Å². The van der Waals surface area contributed by atoms with Crippen LogP contribution in [0.4, 0.5) is 0 Å². The van der Waals surface area contributed by atoms with Gasteiger partial charge >= 0.3 is 5.97 Å². The van der Waals surface area contributed by atoms with Gasteiger partial charge in [0.05, 0.1) is 0 Å². The molecule has 5 nitrogen and oxygen atoms in total. The summed E-state index contributed by atoms with van der Waals surface area (Å²) in [6, 6.07) is 22.7. The molecule has 0 saturated carbocycles. The van der Waals surface area contributed by atoms with E-state index in [4.69, 9.17) is 16.3 Å². The minimum Gasteiger partial charge on any atom is -0.489 e. The van der Waals surface area contributed by atoms with Gasteiger partial charge in [0.15, 0.2) is 0 Å². The first-order valence-electron chi connectivity index (χ1n) is 8.80. The Bertz CT molecular complexity index is 1030. The molecule has 1 amide bonds. The Morgan fingerprint density at radius 3 is 2.34 bits per heavy atom. The van der Waals surface area contributed by atoms with E-state index in [1.54, 1.807) is 60.7 Å². The van der Waals surface area contributed by atoms with Crippen LogP contribution in [0, 0.1) is 0 Å². The molecular formula is C23H18ClNO4. The van der Waals surface area contributed by atoms with Crippen LogP contribution in [0.2, 0.25) is 5.02 Å². The second-order valence-electron chi connectivity index (χ2n) is 6.17. The first-order valence-corrected chi connectivity index (χ1v) is 9.18. The number of carboxylic acids is 1. The van der Waals surface area contributed by atoms with E-state index >= 15 is 0 Å². The van der Waals surface area contributed by atoms with Gasteiger partial charge in [0.25, 0.3) is 5.91 Å². The first kappa shape index (κ1) is 20.2. The summed E-state index contributed by atoms with van der Waals surface area (Å²) in [5.74, 6) is -1.08. The van der Waals surface area contributed by atoms with Gasteiger partial charge in [-0.3, -0.25) is 4.79 Å². The fourth-order valence-electron chi connectivity index (χ4n) is 2.56. The third-order valence-electron chi connectivity index (χ3n) is 4.00. The van der Waals surface area contributed by atoms with Crippen LogP contribution >= 0.6 is 11.6 Å². The van der Waals surface area contributed by atoms with E-state index in [1.807, 2.05) is 18.2 Å². The van der Waals surface area contributed by atoms with E-state index in [2.05, 4.69) is 5.32 Å². The van der Waals surface area contributed by atoms with Crippen molar-refractivity contribution >= 4 is 29.6 Å². The van der Waals surface area contributed by atoms with E-state index in [0.29, 0.717) is 28.5 Å². The summed E-state index contributed by atoms with van der Waals surface area (Å²) in [5.41, 5.74) is 1.72. The number of carbonyl (C=O) groups excluding carboxylic acids is 1. The number of nitrogens with one attached hydrogen (secondary N) is 1. The highest BCUT2D eigenvalue weighted by atomic mass is 35.5. The summed E-state index contributed by atoms with van der Waals surface area (Å²) in [4.78, 5) is 23.7. The smallest absolute Gasteiger partial charge is 0.352 e. The van der Waals surface area contributed by atoms with Gasteiger partial charge in [0, 0.05) is 10.6 Å². The summed E-state index contributed by atoms with van der Waals surface area (Å²) < 4.78 is 5.71. The number of ether oxygens (including phenoxy) is 1. The van der Waals surface area contributed by atoms with Crippen LogP contribution in [-0.4, -0.2) is 17.0 Å². The van der Waals surface area contributed by atoms with Crippen molar-refractivity contribution in [2.75, 3.05) is 0 Å². The monoisotopic (exact) mass is 407 g/mol. The molecule has 0 saturated heterocycles. The van der Waals surface area contributed by atoms with Gasteiger partial charge in [-0.25, -0.2) is 4.79 Å². The number of carboxylic acid groups (broad SMARTS) is 1. The second kappa shape index (κ2) is 9.57. The van der Waals surface area contributed by atoms with E-state index in [9.17, 15) is 14.7 Å². The maximum absolute atomic E-state index is 12.2. The zero-order valence-electron chi connectivity index (χ0n) is 15.3. The van der Waals surface area contributed by atoms with Crippen molar-refractivity contribution in [3.8, 4) is 5.75 Å². The van der Waals surface area contributed by atoms with Crippen LogP contribution in [0.15, 0.2) is 84.6 Å². The fraction of sp³-hybridized carbons (Fsp3) is 0.0435. The lowest BCUT2D eigenvalue weighted by Crippen LogP contribution is -2.27. The number of aliphatic carboxylic acids is 1. The Balaban J connectivity index is 1.67. The minimum atomic E-state index is -1.23. The zero-order chi connectivity index (χ0) is 20.6. The summed E-state index contributed by atoms with van der Waals surface area (Å²) in [6.45, 7) is 0.364. The van der Waals surface area contributed by atoms with Crippen LogP contribution in [0.1, 0.15) is 21.5 Å². The molecule has 0 bridgehead atoms. The van der Waals surface area contributed by atoms with Crippen LogP contribution < -0.4 is 10.1 Å². The van der Waals surface area contributed by atoms with Crippen molar-refractivity contribution in [1.29, 1.82) is 0 Å². The van der Waals surface area contributed by atoms with Crippen molar-refractivity contribution in [2.45, 2.75) is 6.61 Å². The van der Waals surface area contributed by atoms with E-state index < -0.39 is 11.9 Å². The lowest BCUT2D eigenvalue weighted by Gasteiger charge is -2.08. The highest BCUT2D eigenvalue weighted by Gasteiger charge is 2.13. The Labute approximate surface area is 173 Å². The van der Waals surface area contributed by atoms with E-state index in [-0.39, 0.29) is 5.70 Å². The molecule has 6 heteroatoms. The second-order valence-corrected chi connectivity index (χ2v) is 6.61. The topological polar surface area (TPSA) is 75.6 Å². The fourth-order valence-corrected chi connectivity index (χ4v) is 2.77. The molecule has 0 aliphatic rings. The van der Waals surface area contributed by atoms with Crippen molar-refractivity contribution in [3.63, 3.8) is 0 Å². The Hall–Kier alpha value is -3.57. The zero-order valence-corrected chi connectivity index (χ0v) is 16.1. The van der Waals surface area contributed by atoms with Crippen LogP contribution in [-0.2, 0) is 11.4 Å². The minimum absolute atomic E-state index is 0.216. The third-order valence-corrected chi connectivity index (χ3v) is 4.24. The lowest BCUT2D eigenvalue weighted by atomic mass is 10.1. The molecule has 0 fully saturated rings. The quantitative estimate of drug-likeness (QED) is 0.553. The number of halogens is 1. The molecule has 0 atom stereocenters. The van der Waals surface area contributed by atoms with Gasteiger partial charge in [-0.05, 0) is 53.6 Å². The average molecular weight is 408 g/mol. The van der Waals surface area contributed by atoms with Crippen LogP contribution in [0.5, 0.6) is 5.75 Å². The summed E-state index contributed by atoms with van der Waals surface area (Å²) >= 11 is 5.96. The summed E-state index contributed by atoms with van der Waals surface area (Å²) in [6.07, 6.45) is 1.39. The average Bonchev–Trinajstić information content (AvgIpc) is 2.73. The first-order chi connectivity index (χ1) is 14.0. The van der Waals surface area contributed by atoms with Gasteiger partial charge in [-0.1, -0.05) is 54.1 Å². The van der Waals surface area contributed by atoms with Gasteiger partial charge in [0.1, 0.15) is 18.1 Å². The molecule has 0 aliphatic heterocycles. The number of rotatable bonds is 7. The van der Waals surface area contributed by atoms with Crippen molar-refractivity contribution in [3.05, 3.63) is 106 Å². The van der Waals surface area contributed by atoms with Crippen molar-refractivity contribution in [1.82, 2.24) is 5.32 Å². The standard InChI is InChI=1S/C23H18ClNO4/c24-19-8-4-5-17(13-19)15-29-20-11-9-16(10-12-20)14-21(23(27)28)25-22(26)18-6-2-1-3-7-18/h1-14H,15H2,(H,25,26)(H,27,28). The molecule has 0 radical (unpaired) electrons. The number of benzene rings is 3.